The maximum absolute atomic E-state index is 6.16. The number of hydrogen-bond acceptors (Lipinski definition) is 8. The molecule has 150 valence electrons. The molecule has 3 aromatic rings. The third-order valence-electron chi connectivity index (χ3n) is 4.25. The van der Waals surface area contributed by atoms with Gasteiger partial charge in [-0.1, -0.05) is 44.7 Å². The summed E-state index contributed by atoms with van der Waals surface area (Å²) in [6, 6.07) is 6.23. The highest BCUT2D eigenvalue weighted by atomic mass is 32.2. The second-order valence-corrected chi connectivity index (χ2v) is 7.80. The van der Waals surface area contributed by atoms with Crippen LogP contribution in [-0.2, 0) is 18.9 Å². The molecule has 9 nitrogen and oxygen atoms in total. The highest BCUT2D eigenvalue weighted by Crippen LogP contribution is 2.28. The average Bonchev–Trinajstić information content (AvgIpc) is 3.25. The number of hydrogen-bond donors (Lipinski definition) is 1. The number of nitrogens with two attached hydrogens (primary N) is 1. The lowest BCUT2D eigenvalue weighted by atomic mass is 10.0. The molecule has 0 aliphatic heterocycles. The molecule has 0 aliphatic rings. The summed E-state index contributed by atoms with van der Waals surface area (Å²) in [5.41, 5.74) is 2.31. The first-order valence-corrected chi connectivity index (χ1v) is 10.3. The van der Waals surface area contributed by atoms with Gasteiger partial charge in [0, 0.05) is 6.54 Å². The maximum Gasteiger partial charge on any atom is 0.210 e. The van der Waals surface area contributed by atoms with Gasteiger partial charge in [0.15, 0.2) is 11.6 Å². The molecule has 0 amide bonds. The molecule has 3 rings (SSSR count). The van der Waals surface area contributed by atoms with Crippen LogP contribution in [-0.4, -0.2) is 35.1 Å². The van der Waals surface area contributed by atoms with E-state index in [0.717, 1.165) is 35.7 Å². The summed E-state index contributed by atoms with van der Waals surface area (Å²) in [7, 11) is 0. The van der Waals surface area contributed by atoms with Gasteiger partial charge >= 0.3 is 0 Å². The summed E-state index contributed by atoms with van der Waals surface area (Å²) in [4.78, 5) is 0. The molecule has 28 heavy (non-hydrogen) atoms. The first kappa shape index (κ1) is 20.1. The molecule has 0 saturated carbocycles. The van der Waals surface area contributed by atoms with Gasteiger partial charge in [0.25, 0.3) is 0 Å². The fourth-order valence-corrected chi connectivity index (χ4v) is 3.54. The van der Waals surface area contributed by atoms with E-state index in [1.807, 2.05) is 13.0 Å². The van der Waals surface area contributed by atoms with Gasteiger partial charge in [0.1, 0.15) is 12.4 Å². The second-order valence-electron chi connectivity index (χ2n) is 6.86. The van der Waals surface area contributed by atoms with E-state index in [1.54, 1.807) is 4.68 Å². The van der Waals surface area contributed by atoms with Crippen LogP contribution in [0.25, 0.3) is 0 Å². The zero-order chi connectivity index (χ0) is 20.1. The normalized spacial score (nSPS) is 11.3. The Kier molecular flexibility index (Phi) is 6.50. The molecule has 2 N–H and O–H groups in total. The minimum Gasteiger partial charge on any atom is -0.485 e. The van der Waals surface area contributed by atoms with Gasteiger partial charge in [-0.05, 0) is 46.9 Å². The quantitative estimate of drug-likeness (QED) is 0.430. The van der Waals surface area contributed by atoms with Crippen molar-refractivity contribution in [2.45, 2.75) is 64.1 Å². The minimum atomic E-state index is 0.251. The lowest BCUT2D eigenvalue weighted by Gasteiger charge is -2.14. The van der Waals surface area contributed by atoms with Crippen LogP contribution in [0, 0.1) is 6.92 Å². The SMILES string of the molecule is CCCn1nnnc1CSc1nnc(COc2cc(C)ccc2C(C)C)n1N. The summed E-state index contributed by atoms with van der Waals surface area (Å²) in [5, 5.41) is 20.7. The molecule has 0 unspecified atom stereocenters. The lowest BCUT2D eigenvalue weighted by molar-refractivity contribution is 0.287. The van der Waals surface area contributed by atoms with E-state index in [2.05, 4.69) is 58.6 Å². The molecule has 0 aliphatic carbocycles. The van der Waals surface area contributed by atoms with Crippen LogP contribution in [0.3, 0.4) is 0 Å². The number of rotatable bonds is 9. The van der Waals surface area contributed by atoms with Crippen molar-refractivity contribution in [1.82, 2.24) is 35.1 Å². The first-order valence-electron chi connectivity index (χ1n) is 9.30. The zero-order valence-corrected chi connectivity index (χ0v) is 17.5. The minimum absolute atomic E-state index is 0.251. The number of nitrogen functional groups attached to an aromatic ring is 1. The Morgan fingerprint density at radius 3 is 2.75 bits per heavy atom. The molecule has 0 saturated heterocycles. The van der Waals surface area contributed by atoms with Gasteiger partial charge < -0.3 is 10.6 Å². The van der Waals surface area contributed by atoms with Crippen LogP contribution in [0.15, 0.2) is 23.4 Å². The predicted octanol–water partition coefficient (Wildman–Crippen LogP) is 2.69. The highest BCUT2D eigenvalue weighted by Gasteiger charge is 2.15. The Morgan fingerprint density at radius 2 is 2.00 bits per heavy atom. The van der Waals surface area contributed by atoms with Crippen molar-refractivity contribution in [3.63, 3.8) is 0 Å². The molecule has 0 fully saturated rings. The number of aryl methyl sites for hydroxylation is 2. The van der Waals surface area contributed by atoms with Crippen LogP contribution >= 0.6 is 11.8 Å². The lowest BCUT2D eigenvalue weighted by Crippen LogP contribution is -2.16. The summed E-state index contributed by atoms with van der Waals surface area (Å²) >= 11 is 1.44. The number of benzene rings is 1. The number of aromatic nitrogens is 7. The Balaban J connectivity index is 1.65. The third-order valence-corrected chi connectivity index (χ3v) is 5.19. The fourth-order valence-electron chi connectivity index (χ4n) is 2.73. The summed E-state index contributed by atoms with van der Waals surface area (Å²) < 4.78 is 9.26. The average molecular weight is 403 g/mol. The fraction of sp³-hybridized carbons (Fsp3) is 0.500. The number of thioether (sulfide) groups is 1. The third kappa shape index (κ3) is 4.61. The van der Waals surface area contributed by atoms with Crippen molar-refractivity contribution in [1.29, 1.82) is 0 Å². The highest BCUT2D eigenvalue weighted by molar-refractivity contribution is 7.98. The van der Waals surface area contributed by atoms with Crippen molar-refractivity contribution < 1.29 is 4.74 Å². The largest absolute Gasteiger partial charge is 0.485 e. The van der Waals surface area contributed by atoms with E-state index in [1.165, 1.54) is 16.4 Å². The zero-order valence-electron chi connectivity index (χ0n) is 16.7. The van der Waals surface area contributed by atoms with Gasteiger partial charge in [-0.2, -0.15) is 0 Å². The van der Waals surface area contributed by atoms with Crippen LogP contribution in [0.2, 0.25) is 0 Å². The number of ether oxygens (including phenoxy) is 1. The topological polar surface area (TPSA) is 110 Å². The van der Waals surface area contributed by atoms with Crippen LogP contribution < -0.4 is 10.6 Å². The van der Waals surface area contributed by atoms with Gasteiger partial charge in [-0.25, -0.2) is 9.36 Å². The Labute approximate surface area is 168 Å². The molecule has 0 radical (unpaired) electrons. The molecule has 2 heterocycles. The smallest absolute Gasteiger partial charge is 0.210 e. The standard InChI is InChI=1S/C18H26N8OS/c1-5-8-25-17(21-23-24-25)11-28-18-22-20-16(26(18)19)10-27-15-9-13(4)6-7-14(15)12(2)3/h6-7,9,12H,5,8,10-11,19H2,1-4H3. The van der Waals surface area contributed by atoms with Crippen molar-refractivity contribution in [2.24, 2.45) is 0 Å². The van der Waals surface area contributed by atoms with Gasteiger partial charge in [-0.15, -0.1) is 15.3 Å². The van der Waals surface area contributed by atoms with Gasteiger partial charge in [0.05, 0.1) is 5.75 Å². The second kappa shape index (κ2) is 9.05. The summed E-state index contributed by atoms with van der Waals surface area (Å²) in [5.74, 6) is 9.30. The molecule has 0 atom stereocenters. The van der Waals surface area contributed by atoms with E-state index in [9.17, 15) is 0 Å². The Bertz CT molecular complexity index is 920. The molecule has 1 aromatic carbocycles. The Hall–Kier alpha value is -2.62. The molecule has 0 spiro atoms. The van der Waals surface area contributed by atoms with E-state index in [0.29, 0.717) is 22.7 Å². The Morgan fingerprint density at radius 1 is 1.18 bits per heavy atom. The number of nitrogens with zero attached hydrogens (tertiary/aromatic N) is 7. The molecule has 2 aromatic heterocycles. The van der Waals surface area contributed by atoms with Crippen molar-refractivity contribution in [3.05, 3.63) is 41.0 Å². The maximum atomic E-state index is 6.16. The van der Waals surface area contributed by atoms with Crippen molar-refractivity contribution in [3.8, 4) is 5.75 Å². The van der Waals surface area contributed by atoms with Gasteiger partial charge in [0.2, 0.25) is 5.16 Å². The van der Waals surface area contributed by atoms with Crippen LogP contribution in [0.4, 0.5) is 0 Å². The molecule has 0 bridgehead atoms. The molecular weight excluding hydrogens is 376 g/mol. The monoisotopic (exact) mass is 402 g/mol. The van der Waals surface area contributed by atoms with E-state index in [4.69, 9.17) is 10.6 Å². The van der Waals surface area contributed by atoms with Crippen LogP contribution in [0.5, 0.6) is 5.75 Å². The van der Waals surface area contributed by atoms with Crippen molar-refractivity contribution in [2.75, 3.05) is 5.84 Å². The molecular formula is C18H26N8OS. The van der Waals surface area contributed by atoms with E-state index in [-0.39, 0.29) is 6.61 Å². The van der Waals surface area contributed by atoms with Crippen molar-refractivity contribution >= 4 is 11.8 Å². The van der Waals surface area contributed by atoms with E-state index >= 15 is 0 Å². The summed E-state index contributed by atoms with van der Waals surface area (Å²) in [6.07, 6.45) is 0.967. The van der Waals surface area contributed by atoms with E-state index < -0.39 is 0 Å². The number of tetrazole rings is 1. The first-order chi connectivity index (χ1) is 13.5. The molecule has 10 heteroatoms. The van der Waals surface area contributed by atoms with Gasteiger partial charge in [-0.3, -0.25) is 0 Å². The summed E-state index contributed by atoms with van der Waals surface area (Å²) in [6.45, 7) is 9.45. The van der Waals surface area contributed by atoms with Crippen LogP contribution in [0.1, 0.15) is 55.9 Å². The predicted molar refractivity (Wildman–Crippen MR) is 107 cm³/mol.